The fourth-order valence-corrected chi connectivity index (χ4v) is 3.49. The van der Waals surface area contributed by atoms with Crippen molar-refractivity contribution in [1.29, 1.82) is 0 Å². The van der Waals surface area contributed by atoms with Crippen molar-refractivity contribution in [2.75, 3.05) is 31.2 Å². The van der Waals surface area contributed by atoms with Crippen molar-refractivity contribution < 1.29 is 19.0 Å². The van der Waals surface area contributed by atoms with Gasteiger partial charge < -0.3 is 24.4 Å². The first-order chi connectivity index (χ1) is 14.1. The van der Waals surface area contributed by atoms with Gasteiger partial charge in [0.25, 0.3) is 0 Å². The number of nitrogens with zero attached hydrogens (tertiary/aromatic N) is 1. The minimum atomic E-state index is -0.283. The summed E-state index contributed by atoms with van der Waals surface area (Å²) in [6.07, 6.45) is 1.70. The molecule has 152 valence electrons. The molecule has 0 aromatic heterocycles. The molecule has 1 N–H and O–H groups in total. The van der Waals surface area contributed by atoms with Gasteiger partial charge in [-0.2, -0.15) is 0 Å². The molecule has 6 heteroatoms. The maximum atomic E-state index is 11.2. The Hall–Kier alpha value is -3.15. The predicted molar refractivity (Wildman–Crippen MR) is 111 cm³/mol. The number of nitrogens with one attached hydrogen (secondary N) is 1. The quantitative estimate of drug-likeness (QED) is 0.692. The lowest BCUT2D eigenvalue weighted by molar-refractivity contribution is -0.134. The standard InChI is InChI=1S/C23H26N2O4/c1-3-27-20-8-10-21(11-9-20)29-22-13-25(14-22)19-6-4-17(5-7-19)16(2)24-18-12-23(26)28-15-18/h4-12,16,22,24H,3,13-15H2,1-2H3. The molecule has 0 amide bonds. The number of carbonyl (C=O) groups is 1. The summed E-state index contributed by atoms with van der Waals surface area (Å²) in [5.74, 6) is 1.45. The molecule has 1 fully saturated rings. The van der Waals surface area contributed by atoms with Crippen molar-refractivity contribution in [3.05, 3.63) is 65.9 Å². The number of hydrogen-bond acceptors (Lipinski definition) is 6. The van der Waals surface area contributed by atoms with E-state index in [1.807, 2.05) is 31.2 Å². The number of rotatable bonds is 8. The van der Waals surface area contributed by atoms with Gasteiger partial charge in [-0.15, -0.1) is 0 Å². The summed E-state index contributed by atoms with van der Waals surface area (Å²) in [6, 6.07) is 16.4. The lowest BCUT2D eigenvalue weighted by atomic mass is 10.1. The first-order valence-electron chi connectivity index (χ1n) is 9.99. The minimum absolute atomic E-state index is 0.108. The fourth-order valence-electron chi connectivity index (χ4n) is 3.49. The monoisotopic (exact) mass is 394 g/mol. The van der Waals surface area contributed by atoms with Gasteiger partial charge >= 0.3 is 5.97 Å². The van der Waals surface area contributed by atoms with Gasteiger partial charge in [0.15, 0.2) is 0 Å². The van der Waals surface area contributed by atoms with Gasteiger partial charge in [0.2, 0.25) is 0 Å². The van der Waals surface area contributed by atoms with Crippen LogP contribution in [-0.2, 0) is 9.53 Å². The molecule has 0 bridgehead atoms. The first-order valence-corrected chi connectivity index (χ1v) is 9.99. The zero-order chi connectivity index (χ0) is 20.2. The molecule has 0 radical (unpaired) electrons. The summed E-state index contributed by atoms with van der Waals surface area (Å²) in [5.41, 5.74) is 3.17. The van der Waals surface area contributed by atoms with E-state index in [1.165, 1.54) is 11.8 Å². The highest BCUT2D eigenvalue weighted by molar-refractivity contribution is 5.85. The normalized spacial score (nSPS) is 17.2. The minimum Gasteiger partial charge on any atom is -0.494 e. The topological polar surface area (TPSA) is 60.0 Å². The molecule has 0 saturated carbocycles. The van der Waals surface area contributed by atoms with Gasteiger partial charge in [-0.05, 0) is 55.8 Å². The van der Waals surface area contributed by atoms with E-state index in [0.29, 0.717) is 13.2 Å². The number of benzene rings is 2. The second kappa shape index (κ2) is 8.47. The van der Waals surface area contributed by atoms with Crippen molar-refractivity contribution in [3.8, 4) is 11.5 Å². The maximum absolute atomic E-state index is 11.2. The molecule has 29 heavy (non-hydrogen) atoms. The van der Waals surface area contributed by atoms with E-state index in [9.17, 15) is 4.79 Å². The third-order valence-electron chi connectivity index (χ3n) is 5.11. The third-order valence-corrected chi connectivity index (χ3v) is 5.11. The van der Waals surface area contributed by atoms with Crippen molar-refractivity contribution in [1.82, 2.24) is 5.32 Å². The molecule has 2 aliphatic heterocycles. The zero-order valence-corrected chi connectivity index (χ0v) is 16.8. The molecule has 0 spiro atoms. The number of esters is 1. The van der Waals surface area contributed by atoms with E-state index in [0.717, 1.165) is 35.8 Å². The van der Waals surface area contributed by atoms with E-state index in [1.54, 1.807) is 0 Å². The Kier molecular flexibility index (Phi) is 5.60. The van der Waals surface area contributed by atoms with Gasteiger partial charge in [-0.25, -0.2) is 4.79 Å². The highest BCUT2D eigenvalue weighted by Crippen LogP contribution is 2.27. The Morgan fingerprint density at radius 2 is 1.79 bits per heavy atom. The van der Waals surface area contributed by atoms with Gasteiger partial charge in [-0.3, -0.25) is 0 Å². The van der Waals surface area contributed by atoms with Crippen LogP contribution in [0.15, 0.2) is 60.3 Å². The zero-order valence-electron chi connectivity index (χ0n) is 16.8. The highest BCUT2D eigenvalue weighted by Gasteiger charge is 2.28. The number of hydrogen-bond donors (Lipinski definition) is 1. The van der Waals surface area contributed by atoms with Crippen LogP contribution >= 0.6 is 0 Å². The Balaban J connectivity index is 1.26. The molecule has 2 aliphatic rings. The lowest BCUT2D eigenvalue weighted by Crippen LogP contribution is -2.54. The number of anilines is 1. The lowest BCUT2D eigenvalue weighted by Gasteiger charge is -2.40. The van der Waals surface area contributed by atoms with Gasteiger partial charge in [0.05, 0.1) is 25.4 Å². The van der Waals surface area contributed by atoms with Crippen molar-refractivity contribution in [2.24, 2.45) is 0 Å². The molecule has 2 aromatic rings. The second-order valence-corrected chi connectivity index (χ2v) is 7.28. The summed E-state index contributed by atoms with van der Waals surface area (Å²) in [6.45, 7) is 6.77. The Morgan fingerprint density at radius 3 is 2.41 bits per heavy atom. The van der Waals surface area contributed by atoms with E-state index in [2.05, 4.69) is 41.4 Å². The summed E-state index contributed by atoms with van der Waals surface area (Å²) < 4.78 is 16.4. The van der Waals surface area contributed by atoms with Crippen LogP contribution in [0.1, 0.15) is 25.5 Å². The van der Waals surface area contributed by atoms with Crippen LogP contribution in [-0.4, -0.2) is 38.4 Å². The van der Waals surface area contributed by atoms with Crippen LogP contribution in [0.3, 0.4) is 0 Å². The van der Waals surface area contributed by atoms with Crippen LogP contribution in [0.25, 0.3) is 0 Å². The molecule has 2 heterocycles. The van der Waals surface area contributed by atoms with E-state index < -0.39 is 0 Å². The average molecular weight is 394 g/mol. The predicted octanol–water partition coefficient (Wildman–Crippen LogP) is 3.44. The fraction of sp³-hybridized carbons (Fsp3) is 0.348. The van der Waals surface area contributed by atoms with Crippen LogP contribution in [0.2, 0.25) is 0 Å². The van der Waals surface area contributed by atoms with Crippen LogP contribution < -0.4 is 19.7 Å². The summed E-state index contributed by atoms with van der Waals surface area (Å²) >= 11 is 0. The summed E-state index contributed by atoms with van der Waals surface area (Å²) in [5, 5.41) is 3.32. The van der Waals surface area contributed by atoms with Crippen LogP contribution in [0, 0.1) is 0 Å². The molecule has 1 saturated heterocycles. The van der Waals surface area contributed by atoms with Crippen molar-refractivity contribution in [2.45, 2.75) is 26.0 Å². The molecule has 2 aromatic carbocycles. The molecule has 6 nitrogen and oxygen atoms in total. The molecule has 0 aliphatic carbocycles. The third kappa shape index (κ3) is 4.65. The van der Waals surface area contributed by atoms with E-state index >= 15 is 0 Å². The Morgan fingerprint density at radius 1 is 1.10 bits per heavy atom. The SMILES string of the molecule is CCOc1ccc(OC2CN(c3ccc(C(C)NC4=CC(=O)OC4)cc3)C2)cc1. The Bertz CT molecular complexity index is 871. The molecular formula is C23H26N2O4. The molecule has 1 atom stereocenters. The van der Waals surface area contributed by atoms with E-state index in [4.69, 9.17) is 14.2 Å². The largest absolute Gasteiger partial charge is 0.494 e. The number of carbonyl (C=O) groups excluding carboxylic acids is 1. The van der Waals surface area contributed by atoms with E-state index in [-0.39, 0.29) is 18.1 Å². The first kappa shape index (κ1) is 19.2. The van der Waals surface area contributed by atoms with Gasteiger partial charge in [0, 0.05) is 17.8 Å². The van der Waals surface area contributed by atoms with Crippen LogP contribution in [0.5, 0.6) is 11.5 Å². The summed E-state index contributed by atoms with van der Waals surface area (Å²) in [4.78, 5) is 13.5. The highest BCUT2D eigenvalue weighted by atomic mass is 16.5. The molecule has 1 unspecified atom stereocenters. The van der Waals surface area contributed by atoms with Crippen molar-refractivity contribution in [3.63, 3.8) is 0 Å². The summed E-state index contributed by atoms with van der Waals surface area (Å²) in [7, 11) is 0. The Labute approximate surface area is 171 Å². The van der Waals surface area contributed by atoms with Gasteiger partial charge in [0.1, 0.15) is 24.2 Å². The number of ether oxygens (including phenoxy) is 3. The smallest absolute Gasteiger partial charge is 0.333 e. The second-order valence-electron chi connectivity index (χ2n) is 7.28. The maximum Gasteiger partial charge on any atom is 0.333 e. The van der Waals surface area contributed by atoms with Gasteiger partial charge in [-0.1, -0.05) is 12.1 Å². The van der Waals surface area contributed by atoms with Crippen LogP contribution in [0.4, 0.5) is 5.69 Å². The molecular weight excluding hydrogens is 368 g/mol. The molecule has 4 rings (SSSR count). The number of cyclic esters (lactones) is 1. The average Bonchev–Trinajstić information content (AvgIpc) is 3.10. The van der Waals surface area contributed by atoms with Crippen molar-refractivity contribution >= 4 is 11.7 Å².